The first-order valence-electron chi connectivity index (χ1n) is 1.77. The number of hydrogen-bond donors (Lipinski definition) is 3. The van der Waals surface area contributed by atoms with Crippen molar-refractivity contribution in [3.63, 3.8) is 0 Å². The van der Waals surface area contributed by atoms with Crippen LogP contribution in [0.5, 0.6) is 0 Å². The molecule has 6 heteroatoms. The third kappa shape index (κ3) is 4.12. The molecule has 0 saturated heterocycles. The smallest absolute Gasteiger partial charge is 0.332 e. The minimum Gasteiger partial charge on any atom is -0.480 e. The summed E-state index contributed by atoms with van der Waals surface area (Å²) in [6.45, 7) is 0. The van der Waals surface area contributed by atoms with Crippen molar-refractivity contribution in [2.45, 2.75) is 6.04 Å². The van der Waals surface area contributed by atoms with E-state index >= 15 is 0 Å². The molecule has 0 aromatic heterocycles. The summed E-state index contributed by atoms with van der Waals surface area (Å²) in [7, 11) is 0. The van der Waals surface area contributed by atoms with E-state index in [1.807, 2.05) is 0 Å². The van der Waals surface area contributed by atoms with Gasteiger partial charge in [0.25, 0.3) is 0 Å². The first kappa shape index (κ1) is 11.4. The Kier molecular flexibility index (Phi) is 5.65. The zero-order chi connectivity index (χ0) is 6.73. The summed E-state index contributed by atoms with van der Waals surface area (Å²) in [6.07, 6.45) is 0. The van der Waals surface area contributed by atoms with Crippen molar-refractivity contribution in [1.82, 2.24) is 0 Å². The Morgan fingerprint density at radius 2 is 1.44 bits per heavy atom. The van der Waals surface area contributed by atoms with Crippen LogP contribution in [0.1, 0.15) is 0 Å². The van der Waals surface area contributed by atoms with Crippen molar-refractivity contribution in [3.05, 3.63) is 0 Å². The fourth-order valence-corrected chi connectivity index (χ4v) is 0.106. The number of carboxylic acids is 2. The van der Waals surface area contributed by atoms with E-state index in [1.165, 1.54) is 0 Å². The summed E-state index contributed by atoms with van der Waals surface area (Å²) in [6, 6.07) is -1.80. The number of carboxylic acid groups (broad SMARTS) is 2. The zero-order valence-electron chi connectivity index (χ0n) is 4.18. The molecule has 9 heavy (non-hydrogen) atoms. The van der Waals surface area contributed by atoms with Gasteiger partial charge in [-0.3, -0.25) is 0 Å². The molecular weight excluding hydrogens is 309 g/mol. The van der Waals surface area contributed by atoms with Gasteiger partial charge >= 0.3 is 11.9 Å². The summed E-state index contributed by atoms with van der Waals surface area (Å²) >= 11 is 0. The second-order valence-electron chi connectivity index (χ2n) is 1.15. The van der Waals surface area contributed by atoms with Crippen LogP contribution in [0.3, 0.4) is 0 Å². The quantitative estimate of drug-likeness (QED) is 0.538. The molecule has 0 heterocycles. The first-order chi connectivity index (χ1) is 3.55. The largest absolute Gasteiger partial charge is 0.480 e. The van der Waals surface area contributed by atoms with Crippen LogP contribution >= 0.6 is 0 Å². The van der Waals surface area contributed by atoms with Crippen molar-refractivity contribution in [1.29, 1.82) is 0 Å². The van der Waals surface area contributed by atoms with Crippen molar-refractivity contribution >= 4 is 11.9 Å². The Morgan fingerprint density at radius 1 is 1.22 bits per heavy atom. The summed E-state index contributed by atoms with van der Waals surface area (Å²) in [5.41, 5.74) is 4.56. The van der Waals surface area contributed by atoms with E-state index in [0.29, 0.717) is 0 Å². The molecule has 0 aliphatic heterocycles. The van der Waals surface area contributed by atoms with E-state index in [0.717, 1.165) is 0 Å². The molecule has 0 amide bonds. The first-order valence-corrected chi connectivity index (χ1v) is 1.77. The average Bonchev–Trinajstić information content (AvgIpc) is 1.64. The van der Waals surface area contributed by atoms with Crippen LogP contribution < -0.4 is 5.73 Å². The third-order valence-electron chi connectivity index (χ3n) is 0.532. The molecule has 4 N–H and O–H groups in total. The average molecular weight is 314 g/mol. The molecule has 0 saturated carbocycles. The number of carbonyl (C=O) groups is 2. The summed E-state index contributed by atoms with van der Waals surface area (Å²) in [5.74, 6) is -3.06. The van der Waals surface area contributed by atoms with Crippen molar-refractivity contribution in [2.75, 3.05) is 0 Å². The second-order valence-corrected chi connectivity index (χ2v) is 1.15. The Hall–Kier alpha value is -0.412. The van der Waals surface area contributed by atoms with Crippen LogP contribution in [0.25, 0.3) is 0 Å². The van der Waals surface area contributed by atoms with Crippen LogP contribution in [-0.2, 0) is 30.7 Å². The number of hydrogen-bond acceptors (Lipinski definition) is 3. The third-order valence-corrected chi connectivity index (χ3v) is 0.532. The molecule has 0 bridgehead atoms. The molecule has 0 atom stereocenters. The van der Waals surface area contributed by atoms with Gasteiger partial charge in [-0.05, 0) is 0 Å². The zero-order valence-corrected chi connectivity index (χ0v) is 6.45. The SMILES string of the molecule is NC(C(=O)O)C(=O)O.[Pt]. The van der Waals surface area contributed by atoms with Crippen molar-refractivity contribution < 1.29 is 40.9 Å². The molecule has 0 aromatic carbocycles. The summed E-state index contributed by atoms with van der Waals surface area (Å²) in [4.78, 5) is 19.3. The van der Waals surface area contributed by atoms with E-state index in [4.69, 9.17) is 10.2 Å². The second kappa shape index (κ2) is 4.47. The van der Waals surface area contributed by atoms with Crippen molar-refractivity contribution in [2.24, 2.45) is 5.73 Å². The van der Waals surface area contributed by atoms with E-state index in [1.54, 1.807) is 0 Å². The standard InChI is InChI=1S/C3H5NO4.Pt/c4-1(2(5)6)3(7)8;/h1H,4H2,(H,5,6)(H,7,8);. The molecule has 0 aromatic rings. The fraction of sp³-hybridized carbons (Fsp3) is 0.333. The molecule has 5 nitrogen and oxygen atoms in total. The number of nitrogens with two attached hydrogens (primary N) is 1. The Bertz CT molecular complexity index is 111. The Balaban J connectivity index is 0. The maximum atomic E-state index is 9.63. The van der Waals surface area contributed by atoms with Crippen LogP contribution in [0, 0.1) is 0 Å². The molecule has 0 radical (unpaired) electrons. The molecule has 0 unspecified atom stereocenters. The summed E-state index contributed by atoms with van der Waals surface area (Å²) in [5, 5.41) is 15.7. The molecule has 0 aliphatic rings. The molecule has 0 aliphatic carbocycles. The molecule has 0 fully saturated rings. The Labute approximate surface area is 65.1 Å². The summed E-state index contributed by atoms with van der Waals surface area (Å²) < 4.78 is 0. The topological polar surface area (TPSA) is 101 Å². The normalized spacial score (nSPS) is 8.22. The van der Waals surface area contributed by atoms with Crippen molar-refractivity contribution in [3.8, 4) is 0 Å². The minimum absolute atomic E-state index is 0. The molecule has 0 rings (SSSR count). The fourth-order valence-electron chi connectivity index (χ4n) is 0.106. The predicted molar refractivity (Wildman–Crippen MR) is 23.2 cm³/mol. The van der Waals surface area contributed by atoms with Gasteiger partial charge in [-0.25, -0.2) is 9.59 Å². The number of aliphatic carboxylic acids is 2. The van der Waals surface area contributed by atoms with Gasteiger partial charge in [0.15, 0.2) is 0 Å². The van der Waals surface area contributed by atoms with E-state index in [-0.39, 0.29) is 21.1 Å². The molecule has 56 valence electrons. The van der Waals surface area contributed by atoms with Crippen LogP contribution in [0.2, 0.25) is 0 Å². The van der Waals surface area contributed by atoms with Gasteiger partial charge in [0.1, 0.15) is 0 Å². The van der Waals surface area contributed by atoms with Gasteiger partial charge in [-0.1, -0.05) is 0 Å². The maximum absolute atomic E-state index is 9.63. The monoisotopic (exact) mass is 314 g/mol. The predicted octanol–water partition coefficient (Wildman–Crippen LogP) is -1.52. The van der Waals surface area contributed by atoms with Gasteiger partial charge in [-0.15, -0.1) is 0 Å². The maximum Gasteiger partial charge on any atom is 0.332 e. The molecular formula is C3H5NO4Pt. The van der Waals surface area contributed by atoms with Crippen LogP contribution in [0.15, 0.2) is 0 Å². The van der Waals surface area contributed by atoms with Gasteiger partial charge in [0, 0.05) is 21.1 Å². The van der Waals surface area contributed by atoms with E-state index in [9.17, 15) is 9.59 Å². The van der Waals surface area contributed by atoms with Gasteiger partial charge in [0.05, 0.1) is 0 Å². The van der Waals surface area contributed by atoms with E-state index < -0.39 is 18.0 Å². The van der Waals surface area contributed by atoms with Gasteiger partial charge in [-0.2, -0.15) is 0 Å². The van der Waals surface area contributed by atoms with Gasteiger partial charge < -0.3 is 15.9 Å². The Morgan fingerprint density at radius 3 is 1.44 bits per heavy atom. The minimum atomic E-state index is -1.80. The number of rotatable bonds is 2. The molecule has 0 spiro atoms. The van der Waals surface area contributed by atoms with Crippen LogP contribution in [0.4, 0.5) is 0 Å². The van der Waals surface area contributed by atoms with Gasteiger partial charge in [0.2, 0.25) is 6.04 Å². The van der Waals surface area contributed by atoms with Crippen LogP contribution in [-0.4, -0.2) is 28.2 Å². The van der Waals surface area contributed by atoms with E-state index in [2.05, 4.69) is 5.73 Å².